The van der Waals surface area contributed by atoms with Gasteiger partial charge in [-0.2, -0.15) is 0 Å². The van der Waals surface area contributed by atoms with Gasteiger partial charge in [-0.05, 0) is 37.6 Å². The Morgan fingerprint density at radius 1 is 1.41 bits per heavy atom. The van der Waals surface area contributed by atoms with Gasteiger partial charge >= 0.3 is 0 Å². The molecule has 1 aliphatic heterocycles. The molecule has 1 atom stereocenters. The van der Waals surface area contributed by atoms with Crippen molar-refractivity contribution in [3.05, 3.63) is 28.2 Å². The van der Waals surface area contributed by atoms with E-state index in [2.05, 4.69) is 17.1 Å². The number of hydrogen-bond acceptors (Lipinski definition) is 2. The van der Waals surface area contributed by atoms with Crippen molar-refractivity contribution in [2.75, 3.05) is 24.5 Å². The Morgan fingerprint density at radius 2 is 2.24 bits per heavy atom. The van der Waals surface area contributed by atoms with Gasteiger partial charge < -0.3 is 10.2 Å². The van der Waals surface area contributed by atoms with Crippen molar-refractivity contribution in [2.24, 2.45) is 0 Å². The molecule has 0 saturated carbocycles. The smallest absolute Gasteiger partial charge is 0.0654 e. The van der Waals surface area contributed by atoms with Crippen molar-refractivity contribution in [3.8, 4) is 0 Å². The third-order valence-corrected chi connectivity index (χ3v) is 3.66. The van der Waals surface area contributed by atoms with E-state index in [1.165, 1.54) is 12.8 Å². The molecule has 1 aromatic rings. The van der Waals surface area contributed by atoms with Gasteiger partial charge in [0.1, 0.15) is 0 Å². The van der Waals surface area contributed by atoms with Crippen molar-refractivity contribution in [2.45, 2.75) is 25.8 Å². The molecule has 2 nitrogen and oxygen atoms in total. The molecule has 1 saturated heterocycles. The molecule has 1 fully saturated rings. The first-order valence-electron chi connectivity index (χ1n) is 6.14. The molecule has 1 aromatic carbocycles. The third kappa shape index (κ3) is 3.27. The minimum Gasteiger partial charge on any atom is -0.369 e. The summed E-state index contributed by atoms with van der Waals surface area (Å²) < 4.78 is 0. The van der Waals surface area contributed by atoms with Crippen LogP contribution < -0.4 is 10.2 Å². The van der Waals surface area contributed by atoms with Gasteiger partial charge in [-0.3, -0.25) is 0 Å². The lowest BCUT2D eigenvalue weighted by Crippen LogP contribution is -2.33. The fourth-order valence-corrected chi connectivity index (χ4v) is 2.76. The fraction of sp³-hybridized carbons (Fsp3) is 0.538. The number of nitrogens with one attached hydrogen (secondary N) is 1. The molecule has 17 heavy (non-hydrogen) atoms. The summed E-state index contributed by atoms with van der Waals surface area (Å²) in [4.78, 5) is 2.33. The zero-order valence-electron chi connectivity index (χ0n) is 10.0. The molecule has 0 radical (unpaired) electrons. The molecule has 94 valence electrons. The normalized spacial score (nSPS) is 19.9. The standard InChI is InChI=1S/C13H18Cl2N2/c1-2-6-16-11-5-7-17(9-11)13-4-3-10(14)8-12(13)15/h3-4,8,11,16H,2,5-7,9H2,1H3. The summed E-state index contributed by atoms with van der Waals surface area (Å²) >= 11 is 12.1. The molecule has 0 aliphatic carbocycles. The lowest BCUT2D eigenvalue weighted by atomic mass is 10.2. The number of halogens is 2. The second kappa shape index (κ2) is 5.94. The summed E-state index contributed by atoms with van der Waals surface area (Å²) in [6.45, 7) is 5.37. The Hall–Kier alpha value is -0.440. The van der Waals surface area contributed by atoms with Gasteiger partial charge in [0.05, 0.1) is 10.7 Å². The second-order valence-electron chi connectivity index (χ2n) is 4.48. The van der Waals surface area contributed by atoms with E-state index in [1.807, 2.05) is 18.2 Å². The highest BCUT2D eigenvalue weighted by atomic mass is 35.5. The van der Waals surface area contributed by atoms with E-state index in [-0.39, 0.29) is 0 Å². The largest absolute Gasteiger partial charge is 0.369 e. The van der Waals surface area contributed by atoms with Crippen molar-refractivity contribution >= 4 is 28.9 Å². The van der Waals surface area contributed by atoms with Gasteiger partial charge in [0.15, 0.2) is 0 Å². The predicted octanol–water partition coefficient (Wildman–Crippen LogP) is 3.57. The second-order valence-corrected chi connectivity index (χ2v) is 5.33. The van der Waals surface area contributed by atoms with E-state index < -0.39 is 0 Å². The Labute approximate surface area is 113 Å². The Morgan fingerprint density at radius 3 is 2.94 bits per heavy atom. The lowest BCUT2D eigenvalue weighted by molar-refractivity contribution is 0.549. The molecule has 0 amide bonds. The molecule has 0 spiro atoms. The Balaban J connectivity index is 2.00. The fourth-order valence-electron chi connectivity index (χ4n) is 2.23. The van der Waals surface area contributed by atoms with Gasteiger partial charge in [0.2, 0.25) is 0 Å². The number of hydrogen-bond donors (Lipinski definition) is 1. The topological polar surface area (TPSA) is 15.3 Å². The highest BCUT2D eigenvalue weighted by Crippen LogP contribution is 2.30. The Kier molecular flexibility index (Phi) is 4.55. The van der Waals surface area contributed by atoms with Crippen molar-refractivity contribution in [1.82, 2.24) is 5.32 Å². The van der Waals surface area contributed by atoms with Crippen molar-refractivity contribution < 1.29 is 0 Å². The third-order valence-electron chi connectivity index (χ3n) is 3.12. The van der Waals surface area contributed by atoms with Crippen LogP contribution in [0.15, 0.2) is 18.2 Å². The number of anilines is 1. The summed E-state index contributed by atoms with van der Waals surface area (Å²) in [7, 11) is 0. The first-order chi connectivity index (χ1) is 8.20. The average molecular weight is 273 g/mol. The van der Waals surface area contributed by atoms with Gasteiger partial charge in [-0.15, -0.1) is 0 Å². The first kappa shape index (κ1) is 13.0. The SMILES string of the molecule is CCCNC1CCN(c2ccc(Cl)cc2Cl)C1. The summed E-state index contributed by atoms with van der Waals surface area (Å²) in [6, 6.07) is 6.30. The van der Waals surface area contributed by atoms with Crippen molar-refractivity contribution in [1.29, 1.82) is 0 Å². The van der Waals surface area contributed by atoms with Gasteiger partial charge in [0, 0.05) is 24.2 Å². The van der Waals surface area contributed by atoms with Gasteiger partial charge in [-0.1, -0.05) is 30.1 Å². The molecule has 2 rings (SSSR count). The lowest BCUT2D eigenvalue weighted by Gasteiger charge is -2.20. The molecule has 0 aromatic heterocycles. The van der Waals surface area contributed by atoms with E-state index in [9.17, 15) is 0 Å². The first-order valence-corrected chi connectivity index (χ1v) is 6.89. The molecular formula is C13H18Cl2N2. The van der Waals surface area contributed by atoms with Crippen LogP contribution in [0.5, 0.6) is 0 Å². The zero-order valence-corrected chi connectivity index (χ0v) is 11.6. The number of nitrogens with zero attached hydrogens (tertiary/aromatic N) is 1. The molecular weight excluding hydrogens is 255 g/mol. The molecule has 1 heterocycles. The molecule has 4 heteroatoms. The van der Waals surface area contributed by atoms with Crippen LogP contribution in [0.1, 0.15) is 19.8 Å². The van der Waals surface area contributed by atoms with E-state index in [0.717, 1.165) is 30.3 Å². The van der Waals surface area contributed by atoms with Crippen LogP contribution in [0.4, 0.5) is 5.69 Å². The van der Waals surface area contributed by atoms with E-state index in [0.29, 0.717) is 11.1 Å². The minimum atomic E-state index is 0.585. The van der Waals surface area contributed by atoms with Crippen LogP contribution in [-0.4, -0.2) is 25.7 Å². The Bertz CT molecular complexity index is 382. The van der Waals surface area contributed by atoms with Crippen LogP contribution in [0.25, 0.3) is 0 Å². The quantitative estimate of drug-likeness (QED) is 0.902. The maximum absolute atomic E-state index is 6.22. The summed E-state index contributed by atoms with van der Waals surface area (Å²) in [5.41, 5.74) is 1.09. The highest BCUT2D eigenvalue weighted by molar-refractivity contribution is 6.36. The van der Waals surface area contributed by atoms with Crippen LogP contribution in [0.3, 0.4) is 0 Å². The van der Waals surface area contributed by atoms with Gasteiger partial charge in [0.25, 0.3) is 0 Å². The minimum absolute atomic E-state index is 0.585. The molecule has 1 unspecified atom stereocenters. The number of benzene rings is 1. The van der Waals surface area contributed by atoms with Crippen molar-refractivity contribution in [3.63, 3.8) is 0 Å². The monoisotopic (exact) mass is 272 g/mol. The summed E-state index contributed by atoms with van der Waals surface area (Å²) in [5.74, 6) is 0. The highest BCUT2D eigenvalue weighted by Gasteiger charge is 2.23. The van der Waals surface area contributed by atoms with Crippen LogP contribution in [-0.2, 0) is 0 Å². The predicted molar refractivity (Wildman–Crippen MR) is 75.4 cm³/mol. The molecule has 0 bridgehead atoms. The zero-order chi connectivity index (χ0) is 12.3. The van der Waals surface area contributed by atoms with E-state index >= 15 is 0 Å². The van der Waals surface area contributed by atoms with Crippen LogP contribution in [0, 0.1) is 0 Å². The molecule has 1 N–H and O–H groups in total. The molecule has 1 aliphatic rings. The van der Waals surface area contributed by atoms with Crippen LogP contribution >= 0.6 is 23.2 Å². The van der Waals surface area contributed by atoms with E-state index in [1.54, 1.807) is 0 Å². The maximum Gasteiger partial charge on any atom is 0.0654 e. The van der Waals surface area contributed by atoms with Crippen LogP contribution in [0.2, 0.25) is 10.0 Å². The average Bonchev–Trinajstić information content (AvgIpc) is 2.75. The van der Waals surface area contributed by atoms with Gasteiger partial charge in [-0.25, -0.2) is 0 Å². The number of rotatable bonds is 4. The summed E-state index contributed by atoms with van der Waals surface area (Å²) in [6.07, 6.45) is 2.36. The summed E-state index contributed by atoms with van der Waals surface area (Å²) in [5, 5.41) is 4.99. The van der Waals surface area contributed by atoms with E-state index in [4.69, 9.17) is 23.2 Å². The maximum atomic E-state index is 6.22.